The molecule has 35 heavy (non-hydrogen) atoms. The van der Waals surface area contributed by atoms with Crippen LogP contribution in [0.25, 0.3) is 22.2 Å². The van der Waals surface area contributed by atoms with E-state index in [-0.39, 0.29) is 6.10 Å². The molecule has 2 aliphatic heterocycles. The number of pyridine rings is 2. The molecule has 2 saturated heterocycles. The minimum absolute atomic E-state index is 0.272. The molecule has 9 nitrogen and oxygen atoms in total. The maximum Gasteiger partial charge on any atom is 0.211 e. The van der Waals surface area contributed by atoms with Crippen molar-refractivity contribution in [2.45, 2.75) is 51.2 Å². The predicted octanol–water partition coefficient (Wildman–Crippen LogP) is 4.30. The number of rotatable bonds is 9. The van der Waals surface area contributed by atoms with Gasteiger partial charge in [0.05, 0.1) is 23.3 Å². The summed E-state index contributed by atoms with van der Waals surface area (Å²) in [7, 11) is 0. The molecule has 0 amide bonds. The van der Waals surface area contributed by atoms with Crippen molar-refractivity contribution >= 4 is 33.3 Å². The standard InChI is InChI=1S/C25H30N8OS/c1-2-9-32(8-1)10-4-11-33-17-19(16-27-33)18-13-22-21(26-15-18)6-7-23(28-22)29-25-31-30-24(35-25)14-20-5-3-12-34-20/h6-7,13,15-17,20H,1-5,8-12,14H2,(H,28,29,31). The van der Waals surface area contributed by atoms with Crippen molar-refractivity contribution in [2.24, 2.45) is 0 Å². The second kappa shape index (κ2) is 10.3. The second-order valence-corrected chi connectivity index (χ2v) is 10.4. The number of anilines is 2. The molecule has 0 aliphatic carbocycles. The molecule has 2 fully saturated rings. The number of nitrogens with zero attached hydrogens (tertiary/aromatic N) is 7. The molecule has 0 bridgehead atoms. The molecule has 6 rings (SSSR count). The van der Waals surface area contributed by atoms with E-state index in [9.17, 15) is 0 Å². The first-order chi connectivity index (χ1) is 17.3. The van der Waals surface area contributed by atoms with Crippen LogP contribution in [0.1, 0.15) is 37.1 Å². The summed E-state index contributed by atoms with van der Waals surface area (Å²) >= 11 is 1.55. The lowest BCUT2D eigenvalue weighted by atomic mass is 10.1. The van der Waals surface area contributed by atoms with E-state index < -0.39 is 0 Å². The largest absolute Gasteiger partial charge is 0.378 e. The van der Waals surface area contributed by atoms with Gasteiger partial charge < -0.3 is 15.0 Å². The van der Waals surface area contributed by atoms with Crippen LogP contribution >= 0.6 is 11.3 Å². The van der Waals surface area contributed by atoms with Gasteiger partial charge in [0.1, 0.15) is 10.8 Å². The van der Waals surface area contributed by atoms with Crippen molar-refractivity contribution in [1.29, 1.82) is 0 Å². The Balaban J connectivity index is 1.11. The fraction of sp³-hybridized carbons (Fsp3) is 0.480. The van der Waals surface area contributed by atoms with Crippen LogP contribution in [0.2, 0.25) is 0 Å². The molecule has 1 N–H and O–H groups in total. The van der Waals surface area contributed by atoms with Gasteiger partial charge in [-0.2, -0.15) is 5.10 Å². The summed E-state index contributed by atoms with van der Waals surface area (Å²) in [5.41, 5.74) is 3.76. The molecule has 2 aliphatic rings. The smallest absolute Gasteiger partial charge is 0.211 e. The monoisotopic (exact) mass is 490 g/mol. The van der Waals surface area contributed by atoms with Gasteiger partial charge in [0.2, 0.25) is 5.13 Å². The zero-order valence-electron chi connectivity index (χ0n) is 19.8. The van der Waals surface area contributed by atoms with E-state index in [1.807, 2.05) is 29.2 Å². The first kappa shape index (κ1) is 22.5. The van der Waals surface area contributed by atoms with Gasteiger partial charge in [0, 0.05) is 43.1 Å². The molecular weight excluding hydrogens is 460 g/mol. The minimum Gasteiger partial charge on any atom is -0.378 e. The van der Waals surface area contributed by atoms with Gasteiger partial charge in [-0.05, 0) is 69.9 Å². The lowest BCUT2D eigenvalue weighted by Crippen LogP contribution is -2.21. The van der Waals surface area contributed by atoms with Crippen LogP contribution in [0.3, 0.4) is 0 Å². The quantitative estimate of drug-likeness (QED) is 0.371. The highest BCUT2D eigenvalue weighted by Gasteiger charge is 2.18. The average molecular weight is 491 g/mol. The Bertz CT molecular complexity index is 1280. The summed E-state index contributed by atoms with van der Waals surface area (Å²) in [6, 6.07) is 5.97. The van der Waals surface area contributed by atoms with Gasteiger partial charge in [-0.15, -0.1) is 10.2 Å². The van der Waals surface area contributed by atoms with E-state index in [4.69, 9.17) is 9.72 Å². The Morgan fingerprint density at radius 3 is 2.86 bits per heavy atom. The molecule has 10 heteroatoms. The second-order valence-electron chi connectivity index (χ2n) is 9.32. The summed E-state index contributed by atoms with van der Waals surface area (Å²) in [4.78, 5) is 11.9. The van der Waals surface area contributed by atoms with Crippen LogP contribution in [0.5, 0.6) is 0 Å². The van der Waals surface area contributed by atoms with Gasteiger partial charge in [0.25, 0.3) is 0 Å². The van der Waals surface area contributed by atoms with Crippen LogP contribution < -0.4 is 5.32 Å². The van der Waals surface area contributed by atoms with Gasteiger partial charge in [0.15, 0.2) is 0 Å². The first-order valence-electron chi connectivity index (χ1n) is 12.5. The minimum atomic E-state index is 0.272. The van der Waals surface area contributed by atoms with Crippen LogP contribution in [0.15, 0.2) is 36.8 Å². The number of hydrogen-bond donors (Lipinski definition) is 1. The third-order valence-corrected chi connectivity index (χ3v) is 7.55. The lowest BCUT2D eigenvalue weighted by Gasteiger charge is -2.13. The SMILES string of the molecule is c1nc2ccc(Nc3nnc(CC4CCCO4)s3)nc2cc1-c1cnn(CCCN2CCCC2)c1. The normalized spacial score (nSPS) is 18.6. The van der Waals surface area contributed by atoms with E-state index in [2.05, 4.69) is 42.8 Å². The van der Waals surface area contributed by atoms with Crippen molar-refractivity contribution in [3.8, 4) is 11.1 Å². The zero-order chi connectivity index (χ0) is 23.5. The zero-order valence-corrected chi connectivity index (χ0v) is 20.6. The van der Waals surface area contributed by atoms with E-state index in [1.165, 1.54) is 25.9 Å². The highest BCUT2D eigenvalue weighted by atomic mass is 32.1. The molecule has 0 saturated carbocycles. The van der Waals surface area contributed by atoms with E-state index >= 15 is 0 Å². The summed E-state index contributed by atoms with van der Waals surface area (Å²) in [6.07, 6.45) is 13.0. The van der Waals surface area contributed by atoms with Crippen LogP contribution in [-0.4, -0.2) is 67.2 Å². The number of nitrogens with one attached hydrogen (secondary N) is 1. The lowest BCUT2D eigenvalue weighted by molar-refractivity contribution is 0.111. The Labute approximate surface area is 208 Å². The van der Waals surface area contributed by atoms with Gasteiger partial charge >= 0.3 is 0 Å². The third-order valence-electron chi connectivity index (χ3n) is 6.69. The maximum absolute atomic E-state index is 5.71. The van der Waals surface area contributed by atoms with Crippen molar-refractivity contribution in [2.75, 3.05) is 31.6 Å². The molecule has 0 aromatic carbocycles. The Hall–Kier alpha value is -2.95. The van der Waals surface area contributed by atoms with Crippen LogP contribution in [-0.2, 0) is 17.7 Å². The average Bonchev–Trinajstić information content (AvgIpc) is 3.68. The van der Waals surface area contributed by atoms with Crippen molar-refractivity contribution in [3.05, 3.63) is 41.8 Å². The number of ether oxygens (including phenoxy) is 1. The van der Waals surface area contributed by atoms with Crippen molar-refractivity contribution < 1.29 is 4.74 Å². The van der Waals surface area contributed by atoms with Crippen LogP contribution in [0, 0.1) is 0 Å². The van der Waals surface area contributed by atoms with Gasteiger partial charge in [-0.1, -0.05) is 11.3 Å². The summed E-state index contributed by atoms with van der Waals surface area (Å²) in [6.45, 7) is 5.42. The molecule has 1 unspecified atom stereocenters. The number of hydrogen-bond acceptors (Lipinski definition) is 9. The first-order valence-corrected chi connectivity index (χ1v) is 13.3. The van der Waals surface area contributed by atoms with Gasteiger partial charge in [-0.3, -0.25) is 9.67 Å². The van der Waals surface area contributed by atoms with Gasteiger partial charge in [-0.25, -0.2) is 4.98 Å². The summed E-state index contributed by atoms with van der Waals surface area (Å²) in [5.74, 6) is 0.730. The molecule has 182 valence electrons. The Kier molecular flexibility index (Phi) is 6.66. The topological polar surface area (TPSA) is 93.9 Å². The third kappa shape index (κ3) is 5.50. The number of likely N-dealkylation sites (tertiary alicyclic amines) is 1. The molecule has 0 spiro atoms. The fourth-order valence-electron chi connectivity index (χ4n) is 4.83. The maximum atomic E-state index is 5.71. The summed E-state index contributed by atoms with van der Waals surface area (Å²) < 4.78 is 7.75. The Morgan fingerprint density at radius 2 is 1.97 bits per heavy atom. The van der Waals surface area contributed by atoms with Crippen LogP contribution in [0.4, 0.5) is 10.9 Å². The molecule has 4 aromatic rings. The highest BCUT2D eigenvalue weighted by Crippen LogP contribution is 2.26. The van der Waals surface area contributed by atoms with Crippen molar-refractivity contribution in [1.82, 2.24) is 34.8 Å². The predicted molar refractivity (Wildman–Crippen MR) is 137 cm³/mol. The molecule has 6 heterocycles. The van der Waals surface area contributed by atoms with E-state index in [0.717, 1.165) is 83.5 Å². The number of aromatic nitrogens is 6. The molecule has 1 atom stereocenters. The van der Waals surface area contributed by atoms with Crippen molar-refractivity contribution in [3.63, 3.8) is 0 Å². The number of aryl methyl sites for hydroxylation is 1. The highest BCUT2D eigenvalue weighted by molar-refractivity contribution is 7.15. The molecule has 4 aromatic heterocycles. The van der Waals surface area contributed by atoms with E-state index in [1.54, 1.807) is 11.3 Å². The molecular formula is C25H30N8OS. The molecule has 0 radical (unpaired) electrons. The summed E-state index contributed by atoms with van der Waals surface area (Å²) in [5, 5.41) is 18.2. The fourth-order valence-corrected chi connectivity index (χ4v) is 5.64. The Morgan fingerprint density at radius 1 is 1.03 bits per heavy atom. The van der Waals surface area contributed by atoms with E-state index in [0.29, 0.717) is 0 Å². The number of fused-ring (bicyclic) bond motifs is 1.